The van der Waals surface area contributed by atoms with Crippen molar-refractivity contribution in [2.45, 2.75) is 64.3 Å². The van der Waals surface area contributed by atoms with Crippen LogP contribution in [0.25, 0.3) is 0 Å². The van der Waals surface area contributed by atoms with Crippen molar-refractivity contribution in [3.05, 3.63) is 0 Å². The first-order chi connectivity index (χ1) is 11.7. The lowest BCUT2D eigenvalue weighted by Gasteiger charge is -2.37. The molecule has 2 rings (SSSR count). The van der Waals surface area contributed by atoms with Gasteiger partial charge in [-0.2, -0.15) is 13.2 Å². The van der Waals surface area contributed by atoms with E-state index in [4.69, 9.17) is 4.74 Å². The second kappa shape index (κ2) is 8.38. The highest BCUT2D eigenvalue weighted by molar-refractivity contribution is 5.82. The topological polar surface area (TPSA) is 67.4 Å². The van der Waals surface area contributed by atoms with Crippen LogP contribution in [0.1, 0.15) is 46.0 Å². The minimum Gasteiger partial charge on any atom is -0.377 e. The molecule has 8 heteroatoms. The Morgan fingerprint density at radius 1 is 1.32 bits per heavy atom. The van der Waals surface area contributed by atoms with Gasteiger partial charge in [-0.05, 0) is 31.6 Å². The fourth-order valence-corrected chi connectivity index (χ4v) is 3.44. The second-order valence-electron chi connectivity index (χ2n) is 7.47. The number of hydrogen-bond donors (Lipinski definition) is 2. The molecule has 1 aliphatic carbocycles. The predicted molar refractivity (Wildman–Crippen MR) is 85.6 cm³/mol. The fourth-order valence-electron chi connectivity index (χ4n) is 3.44. The largest absolute Gasteiger partial charge is 0.391 e. The maximum absolute atomic E-state index is 13.1. The fraction of sp³-hybridized carbons (Fsp3) is 0.882. The van der Waals surface area contributed by atoms with Crippen molar-refractivity contribution in [2.75, 3.05) is 13.2 Å². The van der Waals surface area contributed by atoms with Crippen LogP contribution in [0.5, 0.6) is 0 Å². The number of ether oxygens (including phenoxy) is 1. The molecule has 1 aliphatic heterocycles. The maximum atomic E-state index is 13.1. The number of carbonyl (C=O) groups is 2. The van der Waals surface area contributed by atoms with Crippen molar-refractivity contribution in [3.63, 3.8) is 0 Å². The zero-order valence-corrected chi connectivity index (χ0v) is 14.7. The Kier molecular flexibility index (Phi) is 6.71. The number of carbonyl (C=O) groups excluding carboxylic acids is 2. The number of halogens is 3. The summed E-state index contributed by atoms with van der Waals surface area (Å²) in [5.74, 6) is -2.26. The zero-order chi connectivity index (χ0) is 18.6. The Balaban J connectivity index is 1.99. The molecular weight excluding hydrogens is 337 g/mol. The van der Waals surface area contributed by atoms with Gasteiger partial charge in [0.25, 0.3) is 0 Å². The van der Waals surface area contributed by atoms with E-state index in [-0.39, 0.29) is 49.5 Å². The van der Waals surface area contributed by atoms with Crippen LogP contribution in [0.15, 0.2) is 0 Å². The lowest BCUT2D eigenvalue weighted by molar-refractivity contribution is -0.199. The summed E-state index contributed by atoms with van der Waals surface area (Å²) in [5.41, 5.74) is 0. The van der Waals surface area contributed by atoms with E-state index in [0.717, 1.165) is 0 Å². The van der Waals surface area contributed by atoms with Gasteiger partial charge in [-0.1, -0.05) is 13.8 Å². The average Bonchev–Trinajstić information content (AvgIpc) is 2.51. The molecule has 2 aliphatic rings. The Morgan fingerprint density at radius 2 is 2.04 bits per heavy atom. The van der Waals surface area contributed by atoms with Gasteiger partial charge < -0.3 is 15.4 Å². The molecule has 144 valence electrons. The molecule has 0 aromatic heterocycles. The van der Waals surface area contributed by atoms with E-state index >= 15 is 0 Å². The number of nitrogens with one attached hydrogen (secondary N) is 2. The molecule has 1 saturated heterocycles. The van der Waals surface area contributed by atoms with Crippen molar-refractivity contribution in [1.29, 1.82) is 0 Å². The van der Waals surface area contributed by atoms with E-state index in [1.54, 1.807) is 0 Å². The van der Waals surface area contributed by atoms with Crippen LogP contribution in [0.2, 0.25) is 0 Å². The average molecular weight is 364 g/mol. The highest BCUT2D eigenvalue weighted by Gasteiger charge is 2.47. The number of piperidine rings is 1. The summed E-state index contributed by atoms with van der Waals surface area (Å²) in [7, 11) is 0. The Morgan fingerprint density at radius 3 is 2.64 bits per heavy atom. The smallest absolute Gasteiger partial charge is 0.377 e. The Bertz CT molecular complexity index is 482. The highest BCUT2D eigenvalue weighted by Crippen LogP contribution is 2.41. The van der Waals surface area contributed by atoms with Crippen LogP contribution in [0, 0.1) is 17.8 Å². The van der Waals surface area contributed by atoms with Crippen molar-refractivity contribution >= 4 is 11.8 Å². The van der Waals surface area contributed by atoms with Crippen LogP contribution in [0.4, 0.5) is 13.2 Å². The molecule has 4 unspecified atom stereocenters. The summed E-state index contributed by atoms with van der Waals surface area (Å²) in [4.78, 5) is 24.0. The minimum absolute atomic E-state index is 0.0612. The van der Waals surface area contributed by atoms with Gasteiger partial charge in [-0.3, -0.25) is 9.59 Å². The van der Waals surface area contributed by atoms with Gasteiger partial charge in [-0.25, -0.2) is 0 Å². The van der Waals surface area contributed by atoms with Gasteiger partial charge in [0.1, 0.15) is 0 Å². The maximum Gasteiger partial charge on any atom is 0.391 e. The Hall–Kier alpha value is -1.31. The normalized spacial score (nSPS) is 30.9. The van der Waals surface area contributed by atoms with E-state index < -0.39 is 24.1 Å². The van der Waals surface area contributed by atoms with Gasteiger partial charge in [0.2, 0.25) is 11.8 Å². The van der Waals surface area contributed by atoms with Crippen molar-refractivity contribution in [3.8, 4) is 0 Å². The lowest BCUT2D eigenvalue weighted by atomic mass is 9.78. The van der Waals surface area contributed by atoms with E-state index in [1.165, 1.54) is 0 Å². The molecule has 1 saturated carbocycles. The molecular formula is C17H27F3N2O3. The molecule has 5 nitrogen and oxygen atoms in total. The number of alkyl halides is 3. The minimum atomic E-state index is -4.26. The summed E-state index contributed by atoms with van der Waals surface area (Å²) >= 11 is 0. The second-order valence-corrected chi connectivity index (χ2v) is 7.47. The van der Waals surface area contributed by atoms with Crippen molar-refractivity contribution in [2.24, 2.45) is 17.8 Å². The summed E-state index contributed by atoms with van der Waals surface area (Å²) in [6.45, 7) is 4.66. The van der Waals surface area contributed by atoms with E-state index in [2.05, 4.69) is 10.6 Å². The standard InChI is InChI=1S/C17H27F3N2O3/c1-10(2)9-25-14-7-11(17(18,19)20)3-4-13(14)16(24)22-12-5-6-21-15(23)8-12/h10-14H,3-9H2,1-2H3,(H,21,23)(H,22,24). The molecule has 1 heterocycles. The third-order valence-electron chi connectivity index (χ3n) is 4.83. The molecule has 2 fully saturated rings. The molecule has 0 spiro atoms. The van der Waals surface area contributed by atoms with Crippen LogP contribution in [0.3, 0.4) is 0 Å². The third-order valence-corrected chi connectivity index (χ3v) is 4.83. The quantitative estimate of drug-likeness (QED) is 0.787. The van der Waals surface area contributed by atoms with Crippen LogP contribution in [-0.2, 0) is 14.3 Å². The molecule has 2 N–H and O–H groups in total. The van der Waals surface area contributed by atoms with Crippen LogP contribution < -0.4 is 10.6 Å². The van der Waals surface area contributed by atoms with Gasteiger partial charge in [0, 0.05) is 25.6 Å². The first-order valence-corrected chi connectivity index (χ1v) is 8.92. The number of hydrogen-bond acceptors (Lipinski definition) is 3. The summed E-state index contributed by atoms with van der Waals surface area (Å²) in [6, 6.07) is -0.257. The third kappa shape index (κ3) is 5.87. The first-order valence-electron chi connectivity index (χ1n) is 8.92. The molecule has 0 radical (unpaired) electrons. The lowest BCUT2D eigenvalue weighted by Crippen LogP contribution is -2.51. The molecule has 4 atom stereocenters. The summed E-state index contributed by atoms with van der Waals surface area (Å²) in [5, 5.41) is 5.52. The van der Waals surface area contributed by atoms with E-state index in [0.29, 0.717) is 19.6 Å². The number of rotatable bonds is 5. The van der Waals surface area contributed by atoms with Crippen molar-refractivity contribution < 1.29 is 27.5 Å². The monoisotopic (exact) mass is 364 g/mol. The van der Waals surface area contributed by atoms with Gasteiger partial charge in [0.05, 0.1) is 17.9 Å². The number of amides is 2. The van der Waals surface area contributed by atoms with Crippen molar-refractivity contribution in [1.82, 2.24) is 10.6 Å². The molecule has 0 aromatic carbocycles. The zero-order valence-electron chi connectivity index (χ0n) is 14.7. The first kappa shape index (κ1) is 20.0. The SMILES string of the molecule is CC(C)COC1CC(C(F)(F)F)CCC1C(=O)NC1CCNC(=O)C1. The van der Waals surface area contributed by atoms with E-state index in [1.807, 2.05) is 13.8 Å². The summed E-state index contributed by atoms with van der Waals surface area (Å²) < 4.78 is 44.8. The van der Waals surface area contributed by atoms with Gasteiger partial charge in [-0.15, -0.1) is 0 Å². The van der Waals surface area contributed by atoms with Gasteiger partial charge >= 0.3 is 6.18 Å². The predicted octanol–water partition coefficient (Wildman–Crippen LogP) is 2.40. The molecule has 25 heavy (non-hydrogen) atoms. The Labute approximate surface area is 146 Å². The van der Waals surface area contributed by atoms with Crippen LogP contribution >= 0.6 is 0 Å². The highest BCUT2D eigenvalue weighted by atomic mass is 19.4. The molecule has 0 bridgehead atoms. The van der Waals surface area contributed by atoms with E-state index in [9.17, 15) is 22.8 Å². The molecule has 0 aromatic rings. The van der Waals surface area contributed by atoms with Gasteiger partial charge in [0.15, 0.2) is 0 Å². The van der Waals surface area contributed by atoms with Crippen LogP contribution in [-0.4, -0.2) is 43.3 Å². The molecule has 2 amide bonds. The summed E-state index contributed by atoms with van der Waals surface area (Å²) in [6.07, 6.45) is -4.25.